The number of aromatic nitrogens is 2. The number of likely N-dealkylation sites (tertiary alicyclic amines) is 1. The first-order valence-electron chi connectivity index (χ1n) is 8.09. The van der Waals surface area contributed by atoms with Crippen LogP contribution in [0.4, 0.5) is 0 Å². The first-order valence-corrected chi connectivity index (χ1v) is 8.09. The van der Waals surface area contributed by atoms with Gasteiger partial charge < -0.3 is 9.88 Å². The van der Waals surface area contributed by atoms with Crippen LogP contribution in [0.25, 0.3) is 11.0 Å². The molecule has 1 N–H and O–H groups in total. The van der Waals surface area contributed by atoms with Crippen molar-refractivity contribution in [3.63, 3.8) is 0 Å². The van der Waals surface area contributed by atoms with Crippen LogP contribution in [0, 0.1) is 0 Å². The fourth-order valence-electron chi connectivity index (χ4n) is 3.44. The predicted molar refractivity (Wildman–Crippen MR) is 90.4 cm³/mol. The van der Waals surface area contributed by atoms with E-state index in [0.29, 0.717) is 5.92 Å². The number of pyridine rings is 1. The number of piperidine rings is 1. The van der Waals surface area contributed by atoms with Gasteiger partial charge in [-0.3, -0.25) is 9.78 Å². The lowest BCUT2D eigenvalue weighted by Gasteiger charge is -2.32. The monoisotopic (exact) mass is 305 g/mol. The van der Waals surface area contributed by atoms with Gasteiger partial charge in [-0.2, -0.15) is 0 Å². The van der Waals surface area contributed by atoms with Gasteiger partial charge in [0.25, 0.3) is 5.91 Å². The summed E-state index contributed by atoms with van der Waals surface area (Å²) in [5.74, 6) is 0.611. The van der Waals surface area contributed by atoms with Crippen LogP contribution in [-0.2, 0) is 0 Å². The molecule has 1 aliphatic heterocycles. The Morgan fingerprint density at radius 2 is 1.87 bits per heavy atom. The van der Waals surface area contributed by atoms with Gasteiger partial charge in [-0.15, -0.1) is 0 Å². The topological polar surface area (TPSA) is 49.0 Å². The summed E-state index contributed by atoms with van der Waals surface area (Å²) < 4.78 is 0. The number of carbonyl (C=O) groups is 1. The van der Waals surface area contributed by atoms with Crippen molar-refractivity contribution in [3.05, 3.63) is 66.0 Å². The van der Waals surface area contributed by atoms with Gasteiger partial charge in [0.2, 0.25) is 0 Å². The van der Waals surface area contributed by atoms with E-state index in [1.165, 1.54) is 5.56 Å². The second-order valence-electron chi connectivity index (χ2n) is 6.08. The van der Waals surface area contributed by atoms with E-state index in [-0.39, 0.29) is 5.91 Å². The van der Waals surface area contributed by atoms with E-state index < -0.39 is 0 Å². The molecule has 2 aromatic heterocycles. The smallest absolute Gasteiger partial charge is 0.253 e. The number of nitrogens with zero attached hydrogens (tertiary/aromatic N) is 2. The van der Waals surface area contributed by atoms with Crippen LogP contribution in [-0.4, -0.2) is 33.9 Å². The largest absolute Gasteiger partial charge is 0.360 e. The highest BCUT2D eigenvalue weighted by molar-refractivity contribution is 5.94. The van der Waals surface area contributed by atoms with Crippen molar-refractivity contribution in [2.75, 3.05) is 13.1 Å². The lowest BCUT2D eigenvalue weighted by molar-refractivity contribution is 0.0713. The summed E-state index contributed by atoms with van der Waals surface area (Å²) in [7, 11) is 0. The molecule has 4 rings (SSSR count). The number of fused-ring (bicyclic) bond motifs is 1. The summed E-state index contributed by atoms with van der Waals surface area (Å²) in [6.45, 7) is 1.61. The van der Waals surface area contributed by atoms with Crippen LogP contribution in [0.2, 0.25) is 0 Å². The molecule has 4 nitrogen and oxygen atoms in total. The Kier molecular flexibility index (Phi) is 3.58. The van der Waals surface area contributed by atoms with Crippen molar-refractivity contribution in [2.24, 2.45) is 0 Å². The Hall–Kier alpha value is -2.62. The highest BCUT2D eigenvalue weighted by atomic mass is 16.2. The minimum Gasteiger partial charge on any atom is -0.360 e. The number of benzene rings is 1. The Morgan fingerprint density at radius 3 is 2.65 bits per heavy atom. The maximum absolute atomic E-state index is 12.5. The highest BCUT2D eigenvalue weighted by Gasteiger charge is 2.26. The van der Waals surface area contributed by atoms with E-state index in [4.69, 9.17) is 0 Å². The zero-order valence-electron chi connectivity index (χ0n) is 12.9. The number of nitrogens with one attached hydrogen (secondary N) is 1. The quantitative estimate of drug-likeness (QED) is 0.786. The SMILES string of the molecule is O=C(c1ccccc1)N1CCC(c2c[nH]c3cccnc23)CC1. The number of H-pyrrole nitrogens is 1. The molecule has 0 radical (unpaired) electrons. The van der Waals surface area contributed by atoms with Crippen LogP contribution < -0.4 is 0 Å². The fraction of sp³-hybridized carbons (Fsp3) is 0.263. The van der Waals surface area contributed by atoms with Gasteiger partial charge >= 0.3 is 0 Å². The van der Waals surface area contributed by atoms with Crippen LogP contribution in [0.1, 0.15) is 34.7 Å². The molecule has 23 heavy (non-hydrogen) atoms. The van der Waals surface area contributed by atoms with E-state index >= 15 is 0 Å². The van der Waals surface area contributed by atoms with Gasteiger partial charge in [0.1, 0.15) is 0 Å². The summed E-state index contributed by atoms with van der Waals surface area (Å²) in [4.78, 5) is 22.3. The molecule has 0 bridgehead atoms. The molecule has 3 heterocycles. The molecule has 1 fully saturated rings. The molecule has 0 spiro atoms. The van der Waals surface area contributed by atoms with Gasteiger partial charge in [0, 0.05) is 31.0 Å². The zero-order chi connectivity index (χ0) is 15.6. The third-order valence-electron chi connectivity index (χ3n) is 4.71. The van der Waals surface area contributed by atoms with Gasteiger partial charge in [-0.05, 0) is 48.6 Å². The number of carbonyl (C=O) groups excluding carboxylic acids is 1. The van der Waals surface area contributed by atoms with Gasteiger partial charge in [0.15, 0.2) is 0 Å². The standard InChI is InChI=1S/C19H19N3O/c23-19(15-5-2-1-3-6-15)22-11-8-14(9-12-22)16-13-21-17-7-4-10-20-18(16)17/h1-7,10,13-14,21H,8-9,11-12H2. The fourth-order valence-corrected chi connectivity index (χ4v) is 3.44. The minimum atomic E-state index is 0.140. The Bertz CT molecular complexity index is 817. The lowest BCUT2D eigenvalue weighted by atomic mass is 9.90. The van der Waals surface area contributed by atoms with Crippen LogP contribution in [0.3, 0.4) is 0 Å². The van der Waals surface area contributed by atoms with E-state index in [0.717, 1.165) is 42.5 Å². The summed E-state index contributed by atoms with van der Waals surface area (Å²) in [5.41, 5.74) is 4.22. The molecule has 0 unspecified atom stereocenters. The number of aromatic amines is 1. The number of rotatable bonds is 2. The molecule has 116 valence electrons. The summed E-state index contributed by atoms with van der Waals surface area (Å²) in [6.07, 6.45) is 5.90. The molecule has 0 aliphatic carbocycles. The van der Waals surface area contributed by atoms with Crippen LogP contribution in [0.5, 0.6) is 0 Å². The minimum absolute atomic E-state index is 0.140. The molecule has 1 amide bonds. The van der Waals surface area contributed by atoms with Gasteiger partial charge in [0.05, 0.1) is 11.0 Å². The predicted octanol–water partition coefficient (Wildman–Crippen LogP) is 3.58. The van der Waals surface area contributed by atoms with E-state index in [2.05, 4.69) is 22.2 Å². The third-order valence-corrected chi connectivity index (χ3v) is 4.71. The number of hydrogen-bond donors (Lipinski definition) is 1. The summed E-state index contributed by atoms with van der Waals surface area (Å²) >= 11 is 0. The first-order chi connectivity index (χ1) is 11.3. The van der Waals surface area contributed by atoms with E-state index in [1.54, 1.807) is 0 Å². The second kappa shape index (κ2) is 5.88. The van der Waals surface area contributed by atoms with Crippen LogP contribution in [0.15, 0.2) is 54.9 Å². The molecule has 3 aromatic rings. The molecule has 4 heteroatoms. The van der Waals surface area contributed by atoms with Crippen molar-refractivity contribution in [1.29, 1.82) is 0 Å². The van der Waals surface area contributed by atoms with Crippen molar-refractivity contribution in [3.8, 4) is 0 Å². The van der Waals surface area contributed by atoms with Crippen molar-refractivity contribution < 1.29 is 4.79 Å². The highest BCUT2D eigenvalue weighted by Crippen LogP contribution is 2.32. The molecule has 0 atom stereocenters. The third kappa shape index (κ3) is 2.61. The Morgan fingerprint density at radius 1 is 1.09 bits per heavy atom. The number of amides is 1. The summed E-state index contributed by atoms with van der Waals surface area (Å²) in [6, 6.07) is 13.5. The molecule has 1 saturated heterocycles. The molecule has 0 saturated carbocycles. The maximum Gasteiger partial charge on any atom is 0.253 e. The number of hydrogen-bond acceptors (Lipinski definition) is 2. The Balaban J connectivity index is 1.48. The second-order valence-corrected chi connectivity index (χ2v) is 6.08. The van der Waals surface area contributed by atoms with E-state index in [1.807, 2.05) is 47.5 Å². The zero-order valence-corrected chi connectivity index (χ0v) is 12.9. The Labute approximate surface area is 135 Å². The van der Waals surface area contributed by atoms with E-state index in [9.17, 15) is 4.79 Å². The van der Waals surface area contributed by atoms with Crippen molar-refractivity contribution in [1.82, 2.24) is 14.9 Å². The average molecular weight is 305 g/mol. The van der Waals surface area contributed by atoms with Crippen molar-refractivity contribution >= 4 is 16.9 Å². The molecular formula is C19H19N3O. The van der Waals surface area contributed by atoms with Gasteiger partial charge in [-0.1, -0.05) is 18.2 Å². The first kappa shape index (κ1) is 14.0. The van der Waals surface area contributed by atoms with Gasteiger partial charge in [-0.25, -0.2) is 0 Å². The molecule has 1 aliphatic rings. The normalized spacial score (nSPS) is 15.9. The molecule has 1 aromatic carbocycles. The van der Waals surface area contributed by atoms with Crippen LogP contribution >= 0.6 is 0 Å². The average Bonchev–Trinajstić information content (AvgIpc) is 3.06. The maximum atomic E-state index is 12.5. The summed E-state index contributed by atoms with van der Waals surface area (Å²) in [5, 5.41) is 0. The van der Waals surface area contributed by atoms with Crippen molar-refractivity contribution in [2.45, 2.75) is 18.8 Å². The lowest BCUT2D eigenvalue weighted by Crippen LogP contribution is -2.37. The molecular weight excluding hydrogens is 286 g/mol.